The quantitative estimate of drug-likeness (QED) is 0.379. The van der Waals surface area contributed by atoms with Crippen LogP contribution in [0.4, 0.5) is 13.2 Å². The van der Waals surface area contributed by atoms with Crippen LogP contribution in [-0.2, 0) is 42.0 Å². The van der Waals surface area contributed by atoms with Gasteiger partial charge < -0.3 is 19.8 Å². The van der Waals surface area contributed by atoms with Crippen molar-refractivity contribution in [3.63, 3.8) is 0 Å². The van der Waals surface area contributed by atoms with Gasteiger partial charge in [0.15, 0.2) is 0 Å². The van der Waals surface area contributed by atoms with Crippen molar-refractivity contribution in [3.8, 4) is 6.07 Å². The standard InChI is InChI=1S/C32H34F3N5O7S/c1-19-9-11-39(27(13-19)30(43)44)29(42)25(15-20-5-4-6-21(14-20)18-36)37-48(46,47)23-8-7-22-10-12-40(31(45)32(33,34)35)26(24(22)16-23)17-28(41)38(2)3/h4-9,14,16,25-27,37H,10-13,15,17H2,1-3H3,(H,43,44)/t25-,26?,27+/m0/s1. The third kappa shape index (κ3) is 8.03. The molecule has 0 saturated heterocycles. The number of hydrogen-bond acceptors (Lipinski definition) is 7. The lowest BCUT2D eigenvalue weighted by atomic mass is 9.90. The number of sulfonamides is 1. The van der Waals surface area contributed by atoms with Crippen molar-refractivity contribution in [1.82, 2.24) is 19.4 Å². The van der Waals surface area contributed by atoms with Crippen LogP contribution in [0.3, 0.4) is 0 Å². The number of nitriles is 1. The number of aliphatic carboxylic acids is 1. The van der Waals surface area contributed by atoms with Crippen LogP contribution in [-0.4, -0.2) is 97.4 Å². The first-order valence-electron chi connectivity index (χ1n) is 14.8. The fourth-order valence-corrected chi connectivity index (χ4v) is 7.02. The summed E-state index contributed by atoms with van der Waals surface area (Å²) >= 11 is 0. The third-order valence-corrected chi connectivity index (χ3v) is 9.81. The molecule has 2 aliphatic heterocycles. The van der Waals surface area contributed by atoms with Gasteiger partial charge in [0.25, 0.3) is 0 Å². The van der Waals surface area contributed by atoms with Crippen molar-refractivity contribution in [2.24, 2.45) is 0 Å². The largest absolute Gasteiger partial charge is 0.480 e. The summed E-state index contributed by atoms with van der Waals surface area (Å²) in [5, 5.41) is 19.2. The van der Waals surface area contributed by atoms with E-state index in [0.717, 1.165) is 21.4 Å². The van der Waals surface area contributed by atoms with Gasteiger partial charge in [0.2, 0.25) is 21.8 Å². The van der Waals surface area contributed by atoms with E-state index in [9.17, 15) is 51.1 Å². The van der Waals surface area contributed by atoms with Crippen LogP contribution in [0.2, 0.25) is 0 Å². The van der Waals surface area contributed by atoms with Gasteiger partial charge in [0, 0.05) is 27.2 Å². The van der Waals surface area contributed by atoms with Gasteiger partial charge >= 0.3 is 18.1 Å². The van der Waals surface area contributed by atoms with E-state index >= 15 is 0 Å². The Hall–Kier alpha value is -4.75. The van der Waals surface area contributed by atoms with Gasteiger partial charge in [-0.15, -0.1) is 0 Å². The molecule has 0 saturated carbocycles. The monoisotopic (exact) mass is 689 g/mol. The first-order valence-corrected chi connectivity index (χ1v) is 16.3. The predicted octanol–water partition coefficient (Wildman–Crippen LogP) is 2.55. The van der Waals surface area contributed by atoms with Crippen molar-refractivity contribution < 1.29 is 45.9 Å². The van der Waals surface area contributed by atoms with Crippen molar-refractivity contribution in [1.29, 1.82) is 5.26 Å². The van der Waals surface area contributed by atoms with Crippen LogP contribution >= 0.6 is 0 Å². The second-order valence-electron chi connectivity index (χ2n) is 11.9. The number of halogens is 3. The summed E-state index contributed by atoms with van der Waals surface area (Å²) in [7, 11) is -1.85. The first kappa shape index (κ1) is 36.1. The Morgan fingerprint density at radius 1 is 1.12 bits per heavy atom. The molecule has 2 aromatic carbocycles. The normalized spacial score (nSPS) is 18.6. The second kappa shape index (κ2) is 14.2. The Kier molecular flexibility index (Phi) is 10.6. The predicted molar refractivity (Wildman–Crippen MR) is 164 cm³/mol. The number of rotatable bonds is 9. The van der Waals surface area contributed by atoms with Crippen LogP contribution < -0.4 is 4.72 Å². The van der Waals surface area contributed by atoms with E-state index in [1.165, 1.54) is 38.4 Å². The van der Waals surface area contributed by atoms with E-state index in [1.807, 2.05) is 6.07 Å². The third-order valence-electron chi connectivity index (χ3n) is 8.34. The Labute approximate surface area is 275 Å². The Morgan fingerprint density at radius 2 is 1.83 bits per heavy atom. The minimum absolute atomic E-state index is 0.0233. The Bertz CT molecular complexity index is 1800. The summed E-state index contributed by atoms with van der Waals surface area (Å²) in [6, 6.07) is 7.48. The van der Waals surface area contributed by atoms with Crippen molar-refractivity contribution >= 4 is 33.7 Å². The molecule has 256 valence electrons. The molecule has 0 aliphatic carbocycles. The highest BCUT2D eigenvalue weighted by Gasteiger charge is 2.47. The maximum absolute atomic E-state index is 13.9. The van der Waals surface area contributed by atoms with Crippen LogP contribution in [0.25, 0.3) is 0 Å². The Morgan fingerprint density at radius 3 is 2.46 bits per heavy atom. The summed E-state index contributed by atoms with van der Waals surface area (Å²) < 4.78 is 70.8. The summed E-state index contributed by atoms with van der Waals surface area (Å²) in [5.74, 6) is -4.88. The molecule has 1 unspecified atom stereocenters. The summed E-state index contributed by atoms with van der Waals surface area (Å²) in [6.07, 6.45) is -4.41. The summed E-state index contributed by atoms with van der Waals surface area (Å²) in [5.41, 5.74) is 1.86. The lowest BCUT2D eigenvalue weighted by Gasteiger charge is -2.38. The molecular weight excluding hydrogens is 655 g/mol. The number of carbonyl (C=O) groups is 4. The average molecular weight is 690 g/mol. The maximum Gasteiger partial charge on any atom is 0.471 e. The number of benzene rings is 2. The summed E-state index contributed by atoms with van der Waals surface area (Å²) in [4.78, 5) is 53.3. The van der Waals surface area contributed by atoms with Crippen LogP contribution in [0.15, 0.2) is 59.0 Å². The van der Waals surface area contributed by atoms with Gasteiger partial charge in [0.1, 0.15) is 12.1 Å². The van der Waals surface area contributed by atoms with E-state index in [0.29, 0.717) is 16.0 Å². The minimum atomic E-state index is -5.24. The molecular formula is C32H34F3N5O7S. The highest BCUT2D eigenvalue weighted by molar-refractivity contribution is 7.89. The molecule has 0 fully saturated rings. The number of amides is 3. The maximum atomic E-state index is 13.9. The Balaban J connectivity index is 1.75. The van der Waals surface area contributed by atoms with E-state index in [4.69, 9.17) is 0 Å². The molecule has 2 aliphatic rings. The zero-order valence-corrected chi connectivity index (χ0v) is 27.1. The molecule has 2 heterocycles. The van der Waals surface area contributed by atoms with Gasteiger partial charge in [-0.3, -0.25) is 14.4 Å². The van der Waals surface area contributed by atoms with E-state index in [-0.39, 0.29) is 43.5 Å². The number of alkyl halides is 3. The molecule has 4 rings (SSSR count). The number of nitrogens with zero attached hydrogens (tertiary/aromatic N) is 4. The second-order valence-corrected chi connectivity index (χ2v) is 13.6. The number of fused-ring (bicyclic) bond motifs is 1. The fourth-order valence-electron chi connectivity index (χ4n) is 5.80. The van der Waals surface area contributed by atoms with Crippen LogP contribution in [0.1, 0.15) is 48.1 Å². The van der Waals surface area contributed by atoms with Gasteiger partial charge in [-0.25, -0.2) is 13.2 Å². The van der Waals surface area contributed by atoms with E-state index in [2.05, 4.69) is 4.72 Å². The molecule has 2 N–H and O–H groups in total. The lowest BCUT2D eigenvalue weighted by molar-refractivity contribution is -0.188. The number of carboxylic acids is 1. The average Bonchev–Trinajstić information content (AvgIpc) is 3.03. The fraction of sp³-hybridized carbons (Fsp3) is 0.406. The number of hydrogen-bond donors (Lipinski definition) is 2. The van der Waals surface area contributed by atoms with E-state index < -0.39 is 69.3 Å². The first-order chi connectivity index (χ1) is 22.4. The van der Waals surface area contributed by atoms with Gasteiger partial charge in [-0.1, -0.05) is 29.8 Å². The van der Waals surface area contributed by atoms with Crippen molar-refractivity contribution in [3.05, 3.63) is 76.4 Å². The van der Waals surface area contributed by atoms with E-state index in [1.54, 1.807) is 25.1 Å². The smallest absolute Gasteiger partial charge is 0.471 e. The molecule has 0 spiro atoms. The van der Waals surface area contributed by atoms with Crippen LogP contribution in [0.5, 0.6) is 0 Å². The number of nitrogens with one attached hydrogen (secondary N) is 1. The van der Waals surface area contributed by atoms with Gasteiger partial charge in [-0.2, -0.15) is 23.2 Å². The van der Waals surface area contributed by atoms with Gasteiger partial charge in [-0.05, 0) is 67.1 Å². The molecule has 0 radical (unpaired) electrons. The molecule has 0 aromatic heterocycles. The SMILES string of the molecule is CC1=CCN(C(=O)[C@H](Cc2cccc(C#N)c2)NS(=O)(=O)c2ccc3c(c2)C(CC(=O)N(C)C)N(C(=O)C(F)(F)F)CC3)[C@@H](C(=O)O)C1. The van der Waals surface area contributed by atoms with Crippen molar-refractivity contribution in [2.45, 2.75) is 61.8 Å². The van der Waals surface area contributed by atoms with Crippen molar-refractivity contribution in [2.75, 3.05) is 27.2 Å². The minimum Gasteiger partial charge on any atom is -0.480 e. The molecule has 3 amide bonds. The molecule has 2 aromatic rings. The molecule has 16 heteroatoms. The lowest BCUT2D eigenvalue weighted by Crippen LogP contribution is -2.55. The molecule has 3 atom stereocenters. The van der Waals surface area contributed by atoms with Crippen LogP contribution in [0, 0.1) is 11.3 Å². The molecule has 12 nitrogen and oxygen atoms in total. The molecule has 0 bridgehead atoms. The number of carboxylic acid groups (broad SMARTS) is 1. The zero-order valence-electron chi connectivity index (χ0n) is 26.3. The zero-order chi connectivity index (χ0) is 35.6. The summed E-state index contributed by atoms with van der Waals surface area (Å²) in [6.45, 7) is 1.26. The highest BCUT2D eigenvalue weighted by atomic mass is 32.2. The van der Waals surface area contributed by atoms with Gasteiger partial charge in [0.05, 0.1) is 29.0 Å². The highest BCUT2D eigenvalue weighted by Crippen LogP contribution is 2.37. The number of carbonyl (C=O) groups excluding carboxylic acids is 3. The topological polar surface area (TPSA) is 168 Å². The molecule has 48 heavy (non-hydrogen) atoms.